The van der Waals surface area contributed by atoms with Crippen LogP contribution in [0.15, 0.2) is 34.6 Å². The number of methoxy groups -OCH3 is 1. The molecule has 7 heteroatoms. The number of nitrogens with zero attached hydrogens (tertiary/aromatic N) is 3. The van der Waals surface area contributed by atoms with E-state index in [1.54, 1.807) is 25.5 Å². The molecule has 1 atom stereocenters. The molecular formula is C19H28N4O2S. The summed E-state index contributed by atoms with van der Waals surface area (Å²) in [7, 11) is 5.47. The molecule has 0 fully saturated rings. The van der Waals surface area contributed by atoms with Crippen LogP contribution in [0.25, 0.3) is 0 Å². The number of aryl methyl sites for hydroxylation is 1. The van der Waals surface area contributed by atoms with Crippen LogP contribution in [-0.2, 0) is 11.3 Å². The van der Waals surface area contributed by atoms with Gasteiger partial charge in [-0.25, -0.2) is 4.98 Å². The minimum atomic E-state index is 0.0232. The molecule has 1 N–H and O–H groups in total. The fraction of sp³-hybridized carbons (Fsp3) is 0.474. The highest BCUT2D eigenvalue weighted by molar-refractivity contribution is 7.09. The molecule has 0 saturated carbocycles. The van der Waals surface area contributed by atoms with E-state index in [0.29, 0.717) is 19.7 Å². The number of para-hydroxylation sites is 1. The maximum Gasteiger partial charge on any atom is 0.193 e. The summed E-state index contributed by atoms with van der Waals surface area (Å²) in [5.41, 5.74) is 2.15. The normalized spacial score (nSPS) is 12.7. The second-order valence-electron chi connectivity index (χ2n) is 6.00. The second kappa shape index (κ2) is 10.1. The monoisotopic (exact) mass is 376 g/mol. The van der Waals surface area contributed by atoms with Gasteiger partial charge in [0, 0.05) is 26.6 Å². The summed E-state index contributed by atoms with van der Waals surface area (Å²) in [4.78, 5) is 11.0. The molecule has 142 valence electrons. The first-order chi connectivity index (χ1) is 12.5. The van der Waals surface area contributed by atoms with Gasteiger partial charge in [-0.3, -0.25) is 4.99 Å². The first-order valence-corrected chi connectivity index (χ1v) is 9.50. The lowest BCUT2D eigenvalue weighted by molar-refractivity contribution is 0.119. The maximum absolute atomic E-state index is 5.81. The van der Waals surface area contributed by atoms with Gasteiger partial charge in [0.15, 0.2) is 5.96 Å². The molecule has 0 spiro atoms. The van der Waals surface area contributed by atoms with Gasteiger partial charge >= 0.3 is 0 Å². The van der Waals surface area contributed by atoms with Gasteiger partial charge in [-0.05, 0) is 25.5 Å². The molecule has 2 rings (SSSR count). The average Bonchev–Trinajstić information content (AvgIpc) is 3.10. The van der Waals surface area contributed by atoms with E-state index < -0.39 is 0 Å². The molecule has 0 saturated heterocycles. The molecule has 1 unspecified atom stereocenters. The van der Waals surface area contributed by atoms with Crippen LogP contribution >= 0.6 is 11.3 Å². The van der Waals surface area contributed by atoms with Crippen molar-refractivity contribution in [2.45, 2.75) is 26.5 Å². The van der Waals surface area contributed by atoms with Gasteiger partial charge in [-0.2, -0.15) is 0 Å². The maximum atomic E-state index is 5.81. The predicted molar refractivity (Wildman–Crippen MR) is 107 cm³/mol. The Morgan fingerprint density at radius 2 is 2.15 bits per heavy atom. The number of hydrogen-bond donors (Lipinski definition) is 1. The summed E-state index contributed by atoms with van der Waals surface area (Å²) in [6.07, 6.45) is 0.0232. The Morgan fingerprint density at radius 3 is 2.85 bits per heavy atom. The van der Waals surface area contributed by atoms with Crippen LogP contribution in [0.1, 0.15) is 29.3 Å². The number of aliphatic imine (C=N–C) groups is 1. The lowest BCUT2D eigenvalue weighted by Gasteiger charge is -2.21. The second-order valence-corrected chi connectivity index (χ2v) is 6.89. The van der Waals surface area contributed by atoms with E-state index in [1.807, 2.05) is 50.1 Å². The third-order valence-electron chi connectivity index (χ3n) is 3.98. The van der Waals surface area contributed by atoms with E-state index in [2.05, 4.69) is 20.7 Å². The Morgan fingerprint density at radius 1 is 1.38 bits per heavy atom. The molecule has 0 amide bonds. The van der Waals surface area contributed by atoms with Crippen molar-refractivity contribution in [3.05, 3.63) is 45.9 Å². The van der Waals surface area contributed by atoms with Crippen molar-refractivity contribution in [1.29, 1.82) is 0 Å². The summed E-state index contributed by atoms with van der Waals surface area (Å²) < 4.78 is 11.1. The number of guanidine groups is 1. The molecule has 1 aromatic carbocycles. The van der Waals surface area contributed by atoms with Gasteiger partial charge in [-0.15, -0.1) is 11.3 Å². The van der Waals surface area contributed by atoms with Gasteiger partial charge in [0.1, 0.15) is 23.5 Å². The lowest BCUT2D eigenvalue weighted by Crippen LogP contribution is -2.40. The Bertz CT molecular complexity index is 717. The van der Waals surface area contributed by atoms with Crippen molar-refractivity contribution in [2.75, 3.05) is 34.4 Å². The van der Waals surface area contributed by atoms with Crippen molar-refractivity contribution in [3.63, 3.8) is 0 Å². The summed E-state index contributed by atoms with van der Waals surface area (Å²) in [6, 6.07) is 8.02. The van der Waals surface area contributed by atoms with Crippen LogP contribution < -0.4 is 10.1 Å². The number of aromatic nitrogens is 1. The zero-order valence-corrected chi connectivity index (χ0v) is 17.0. The van der Waals surface area contributed by atoms with Crippen LogP contribution in [0.2, 0.25) is 0 Å². The highest BCUT2D eigenvalue weighted by Crippen LogP contribution is 2.21. The molecule has 2 aromatic rings. The number of benzene rings is 1. The van der Waals surface area contributed by atoms with Gasteiger partial charge in [0.2, 0.25) is 0 Å². The average molecular weight is 377 g/mol. The van der Waals surface area contributed by atoms with E-state index in [4.69, 9.17) is 9.47 Å². The lowest BCUT2D eigenvalue weighted by atomic mass is 10.2. The van der Waals surface area contributed by atoms with Crippen molar-refractivity contribution >= 4 is 17.3 Å². The minimum absolute atomic E-state index is 0.0232. The Balaban J connectivity index is 1.80. The van der Waals surface area contributed by atoms with E-state index >= 15 is 0 Å². The van der Waals surface area contributed by atoms with Crippen LogP contribution in [0.4, 0.5) is 0 Å². The molecule has 26 heavy (non-hydrogen) atoms. The molecule has 6 nitrogen and oxygen atoms in total. The Hall–Kier alpha value is -2.12. The highest BCUT2D eigenvalue weighted by atomic mass is 32.1. The zero-order chi connectivity index (χ0) is 18.9. The summed E-state index contributed by atoms with van der Waals surface area (Å²) in [5.74, 6) is 1.73. The Labute approximate surface area is 159 Å². The summed E-state index contributed by atoms with van der Waals surface area (Å²) in [6.45, 7) is 5.98. The van der Waals surface area contributed by atoms with E-state index in [0.717, 1.165) is 28.0 Å². The number of ether oxygens (including phenoxy) is 2. The molecule has 0 bridgehead atoms. The number of nitrogens with one attached hydrogen (secondary N) is 1. The standard InChI is InChI=1S/C19H28N4O2S/c1-14-8-6-7-9-17(14)25-11-10-21-19(20-3)23(4)12-16-13-26-18(22-16)15(2)24-5/h6-9,13,15H,10-12H2,1-5H3,(H,20,21). The van der Waals surface area contributed by atoms with Crippen molar-refractivity contribution in [2.24, 2.45) is 4.99 Å². The summed E-state index contributed by atoms with van der Waals surface area (Å²) >= 11 is 1.62. The first-order valence-electron chi connectivity index (χ1n) is 8.62. The molecule has 0 aliphatic rings. The molecule has 1 heterocycles. The fourth-order valence-corrected chi connectivity index (χ4v) is 3.27. The van der Waals surface area contributed by atoms with Gasteiger partial charge in [0.05, 0.1) is 18.8 Å². The molecular weight excluding hydrogens is 348 g/mol. The van der Waals surface area contributed by atoms with E-state index in [1.165, 1.54) is 0 Å². The molecule has 1 aromatic heterocycles. The van der Waals surface area contributed by atoms with Crippen LogP contribution in [0, 0.1) is 6.92 Å². The quantitative estimate of drug-likeness (QED) is 0.435. The molecule has 0 radical (unpaired) electrons. The van der Waals surface area contributed by atoms with Crippen molar-refractivity contribution < 1.29 is 9.47 Å². The van der Waals surface area contributed by atoms with Gasteiger partial charge < -0.3 is 19.7 Å². The van der Waals surface area contributed by atoms with Crippen molar-refractivity contribution in [1.82, 2.24) is 15.2 Å². The third-order valence-corrected chi connectivity index (χ3v) is 5.03. The summed E-state index contributed by atoms with van der Waals surface area (Å²) in [5, 5.41) is 6.38. The third kappa shape index (κ3) is 5.71. The fourth-order valence-electron chi connectivity index (χ4n) is 2.43. The molecule has 0 aliphatic heterocycles. The van der Waals surface area contributed by atoms with Gasteiger partial charge in [-0.1, -0.05) is 18.2 Å². The van der Waals surface area contributed by atoms with Gasteiger partial charge in [0.25, 0.3) is 0 Å². The zero-order valence-electron chi connectivity index (χ0n) is 16.2. The van der Waals surface area contributed by atoms with Crippen LogP contribution in [0.5, 0.6) is 5.75 Å². The minimum Gasteiger partial charge on any atom is -0.491 e. The highest BCUT2D eigenvalue weighted by Gasteiger charge is 2.12. The predicted octanol–water partition coefficient (Wildman–Crippen LogP) is 3.25. The number of hydrogen-bond acceptors (Lipinski definition) is 5. The first kappa shape index (κ1) is 20.2. The largest absolute Gasteiger partial charge is 0.491 e. The Kier molecular flexibility index (Phi) is 7.87. The van der Waals surface area contributed by atoms with Crippen molar-refractivity contribution in [3.8, 4) is 5.75 Å². The topological polar surface area (TPSA) is 59.0 Å². The van der Waals surface area contributed by atoms with Crippen LogP contribution in [-0.4, -0.2) is 50.2 Å². The van der Waals surface area contributed by atoms with E-state index in [9.17, 15) is 0 Å². The SMILES string of the molecule is CN=C(NCCOc1ccccc1C)N(C)Cc1csc(C(C)OC)n1. The number of thiazole rings is 1. The molecule has 0 aliphatic carbocycles. The van der Waals surface area contributed by atoms with E-state index in [-0.39, 0.29) is 6.10 Å². The van der Waals surface area contributed by atoms with Crippen LogP contribution in [0.3, 0.4) is 0 Å². The number of rotatable bonds is 8. The smallest absolute Gasteiger partial charge is 0.193 e.